The molecule has 0 atom stereocenters. The zero-order chi connectivity index (χ0) is 12.8. The topological polar surface area (TPSA) is 49.8 Å². The molecular formula is C13H19NO3. The number of benzene rings is 1. The van der Waals surface area contributed by atoms with Crippen LogP contribution in [0.2, 0.25) is 0 Å². The van der Waals surface area contributed by atoms with E-state index in [1.54, 1.807) is 6.07 Å². The molecule has 0 radical (unpaired) electrons. The largest absolute Gasteiger partial charge is 0.478 e. The van der Waals surface area contributed by atoms with Crippen LogP contribution in [-0.2, 0) is 4.74 Å². The minimum atomic E-state index is -0.883. The van der Waals surface area contributed by atoms with E-state index in [1.165, 1.54) is 0 Å². The molecule has 0 saturated heterocycles. The van der Waals surface area contributed by atoms with Crippen LogP contribution in [0.25, 0.3) is 0 Å². The quantitative estimate of drug-likeness (QED) is 0.770. The van der Waals surface area contributed by atoms with Gasteiger partial charge in [0.25, 0.3) is 0 Å². The van der Waals surface area contributed by atoms with Crippen LogP contribution in [0, 0.1) is 6.92 Å². The van der Waals surface area contributed by atoms with Crippen LogP contribution in [0.15, 0.2) is 18.2 Å². The minimum absolute atomic E-state index is 0.354. The summed E-state index contributed by atoms with van der Waals surface area (Å²) in [7, 11) is 1.97. The number of hydrogen-bond acceptors (Lipinski definition) is 3. The van der Waals surface area contributed by atoms with Crippen molar-refractivity contribution in [1.82, 2.24) is 0 Å². The number of nitrogens with zero attached hydrogens (tertiary/aromatic N) is 1. The third-order valence-corrected chi connectivity index (χ3v) is 2.66. The van der Waals surface area contributed by atoms with Crippen LogP contribution in [0.3, 0.4) is 0 Å². The van der Waals surface area contributed by atoms with Gasteiger partial charge in [0.05, 0.1) is 12.2 Å². The van der Waals surface area contributed by atoms with Gasteiger partial charge in [0, 0.05) is 25.9 Å². The average molecular weight is 237 g/mol. The van der Waals surface area contributed by atoms with Gasteiger partial charge in [0.2, 0.25) is 0 Å². The molecule has 0 fully saturated rings. The third kappa shape index (κ3) is 3.75. The number of carboxylic acids is 1. The van der Waals surface area contributed by atoms with Gasteiger partial charge in [0.15, 0.2) is 0 Å². The maximum Gasteiger partial charge on any atom is 0.335 e. The van der Waals surface area contributed by atoms with Crippen molar-refractivity contribution >= 4 is 11.7 Å². The molecule has 4 heteroatoms. The lowest BCUT2D eigenvalue weighted by atomic mass is 10.1. The minimum Gasteiger partial charge on any atom is -0.478 e. The number of carboxylic acid groups (broad SMARTS) is 1. The van der Waals surface area contributed by atoms with Gasteiger partial charge in [-0.3, -0.25) is 0 Å². The van der Waals surface area contributed by atoms with E-state index in [-0.39, 0.29) is 0 Å². The Balaban J connectivity index is 2.72. The molecule has 0 spiro atoms. The molecule has 1 rings (SSSR count). The first kappa shape index (κ1) is 13.5. The summed E-state index contributed by atoms with van der Waals surface area (Å²) >= 11 is 0. The van der Waals surface area contributed by atoms with Crippen LogP contribution >= 0.6 is 0 Å². The predicted octanol–water partition coefficient (Wildman–Crippen LogP) is 2.17. The highest BCUT2D eigenvalue weighted by Gasteiger charge is 2.08. The van der Waals surface area contributed by atoms with Gasteiger partial charge in [-0.05, 0) is 37.6 Å². The zero-order valence-corrected chi connectivity index (χ0v) is 10.6. The van der Waals surface area contributed by atoms with Crippen LogP contribution < -0.4 is 4.90 Å². The van der Waals surface area contributed by atoms with E-state index in [9.17, 15) is 4.79 Å². The Morgan fingerprint density at radius 2 is 2.18 bits per heavy atom. The Morgan fingerprint density at radius 1 is 1.47 bits per heavy atom. The third-order valence-electron chi connectivity index (χ3n) is 2.66. The molecule has 94 valence electrons. The highest BCUT2D eigenvalue weighted by Crippen LogP contribution is 2.18. The van der Waals surface area contributed by atoms with Crippen molar-refractivity contribution in [2.75, 3.05) is 31.7 Å². The number of ether oxygens (including phenoxy) is 1. The summed E-state index contributed by atoms with van der Waals surface area (Å²) < 4.78 is 5.28. The Labute approximate surface area is 102 Å². The highest BCUT2D eigenvalue weighted by atomic mass is 16.5. The fourth-order valence-corrected chi connectivity index (χ4v) is 1.60. The lowest BCUT2D eigenvalue weighted by Crippen LogP contribution is -2.22. The molecule has 0 unspecified atom stereocenters. The number of rotatable bonds is 6. The van der Waals surface area contributed by atoms with E-state index in [0.717, 1.165) is 17.8 Å². The van der Waals surface area contributed by atoms with Gasteiger partial charge in [0.1, 0.15) is 0 Å². The predicted molar refractivity (Wildman–Crippen MR) is 67.9 cm³/mol. The Bertz CT molecular complexity index is 390. The van der Waals surface area contributed by atoms with Crippen LogP contribution in [0.5, 0.6) is 0 Å². The first-order valence-electron chi connectivity index (χ1n) is 5.69. The highest BCUT2D eigenvalue weighted by molar-refractivity contribution is 5.89. The van der Waals surface area contributed by atoms with Crippen molar-refractivity contribution < 1.29 is 14.6 Å². The Morgan fingerprint density at radius 3 is 2.71 bits per heavy atom. The van der Waals surface area contributed by atoms with Crippen molar-refractivity contribution in [1.29, 1.82) is 0 Å². The lowest BCUT2D eigenvalue weighted by Gasteiger charge is -2.20. The van der Waals surface area contributed by atoms with Crippen molar-refractivity contribution in [3.8, 4) is 0 Å². The molecule has 0 amide bonds. The molecule has 1 N–H and O–H groups in total. The maximum absolute atomic E-state index is 10.9. The van der Waals surface area contributed by atoms with Crippen LogP contribution in [-0.4, -0.2) is 37.9 Å². The number of anilines is 1. The van der Waals surface area contributed by atoms with E-state index in [4.69, 9.17) is 9.84 Å². The molecule has 4 nitrogen and oxygen atoms in total. The molecule has 1 aromatic rings. The first-order chi connectivity index (χ1) is 8.06. The van der Waals surface area contributed by atoms with Gasteiger partial charge >= 0.3 is 5.97 Å². The second-order valence-corrected chi connectivity index (χ2v) is 3.92. The molecule has 0 bridgehead atoms. The number of aryl methyl sites for hydroxylation is 1. The molecule has 0 aliphatic rings. The molecule has 0 heterocycles. The second-order valence-electron chi connectivity index (χ2n) is 3.92. The zero-order valence-electron chi connectivity index (χ0n) is 10.6. The molecular weight excluding hydrogens is 218 g/mol. The fourth-order valence-electron chi connectivity index (χ4n) is 1.60. The number of likely N-dealkylation sites (N-methyl/N-ethyl adjacent to an activating group) is 1. The summed E-state index contributed by atoms with van der Waals surface area (Å²) in [5.41, 5.74) is 2.14. The van der Waals surface area contributed by atoms with Crippen molar-refractivity contribution in [2.24, 2.45) is 0 Å². The smallest absolute Gasteiger partial charge is 0.335 e. The molecule has 17 heavy (non-hydrogen) atoms. The summed E-state index contributed by atoms with van der Waals surface area (Å²) in [4.78, 5) is 12.9. The maximum atomic E-state index is 10.9. The van der Waals surface area contributed by atoms with Gasteiger partial charge in [-0.15, -0.1) is 0 Å². The SMILES string of the molecule is CCOCCN(C)c1ccc(C(=O)O)c(C)c1. The fraction of sp³-hybridized carbons (Fsp3) is 0.462. The van der Waals surface area contributed by atoms with E-state index >= 15 is 0 Å². The molecule has 1 aromatic carbocycles. The summed E-state index contributed by atoms with van der Waals surface area (Å²) in [6, 6.07) is 5.35. The van der Waals surface area contributed by atoms with E-state index in [1.807, 2.05) is 37.9 Å². The number of carbonyl (C=O) groups is 1. The molecule has 0 saturated carbocycles. The van der Waals surface area contributed by atoms with Crippen molar-refractivity contribution in [2.45, 2.75) is 13.8 Å². The summed E-state index contributed by atoms with van der Waals surface area (Å²) in [6.07, 6.45) is 0. The van der Waals surface area contributed by atoms with E-state index in [0.29, 0.717) is 18.8 Å². The number of hydrogen-bond donors (Lipinski definition) is 1. The summed E-state index contributed by atoms with van der Waals surface area (Å²) in [5.74, 6) is -0.883. The van der Waals surface area contributed by atoms with Crippen molar-refractivity contribution in [3.63, 3.8) is 0 Å². The van der Waals surface area contributed by atoms with Crippen LogP contribution in [0.1, 0.15) is 22.8 Å². The van der Waals surface area contributed by atoms with E-state index in [2.05, 4.69) is 0 Å². The number of aromatic carboxylic acids is 1. The molecule has 0 aliphatic carbocycles. The first-order valence-corrected chi connectivity index (χ1v) is 5.69. The molecule has 0 aromatic heterocycles. The van der Waals surface area contributed by atoms with E-state index < -0.39 is 5.97 Å². The monoisotopic (exact) mass is 237 g/mol. The Hall–Kier alpha value is -1.55. The van der Waals surface area contributed by atoms with Gasteiger partial charge in [-0.25, -0.2) is 4.79 Å². The van der Waals surface area contributed by atoms with Gasteiger partial charge in [-0.1, -0.05) is 0 Å². The van der Waals surface area contributed by atoms with Crippen LogP contribution in [0.4, 0.5) is 5.69 Å². The normalized spacial score (nSPS) is 10.3. The standard InChI is InChI=1S/C13H19NO3/c1-4-17-8-7-14(3)11-5-6-12(13(15)16)10(2)9-11/h5-6,9H,4,7-8H2,1-3H3,(H,15,16). The van der Waals surface area contributed by atoms with Gasteiger partial charge in [-0.2, -0.15) is 0 Å². The summed E-state index contributed by atoms with van der Waals surface area (Å²) in [6.45, 7) is 5.95. The molecule has 0 aliphatic heterocycles. The Kier molecular flexibility index (Phi) is 4.97. The second kappa shape index (κ2) is 6.25. The van der Waals surface area contributed by atoms with Crippen molar-refractivity contribution in [3.05, 3.63) is 29.3 Å². The lowest BCUT2D eigenvalue weighted by molar-refractivity contribution is 0.0696. The van der Waals surface area contributed by atoms with Gasteiger partial charge < -0.3 is 14.7 Å². The average Bonchev–Trinajstić information content (AvgIpc) is 2.28. The summed E-state index contributed by atoms with van der Waals surface area (Å²) in [5, 5.41) is 8.93.